The van der Waals surface area contributed by atoms with Crippen molar-refractivity contribution in [2.24, 2.45) is 11.3 Å². The van der Waals surface area contributed by atoms with Crippen LogP contribution in [0.3, 0.4) is 0 Å². The number of hydrogen-bond acceptors (Lipinski definition) is 0. The van der Waals surface area contributed by atoms with Gasteiger partial charge in [-0.25, -0.2) is 0 Å². The Morgan fingerprint density at radius 2 is 1.25 bits per heavy atom. The van der Waals surface area contributed by atoms with Gasteiger partial charge in [0.1, 0.15) is 0 Å². The van der Waals surface area contributed by atoms with Gasteiger partial charge in [0.05, 0.1) is 0 Å². The van der Waals surface area contributed by atoms with Crippen molar-refractivity contribution in [2.45, 2.75) is 91.1 Å². The number of allylic oxidation sites excluding steroid dienone is 4. The minimum atomic E-state index is -2.19. The fourth-order valence-corrected chi connectivity index (χ4v) is 15.4. The number of aryl methyl sites for hydroxylation is 4. The summed E-state index contributed by atoms with van der Waals surface area (Å²) in [6, 6.07) is 10.1. The molecular weight excluding hydrogens is 558 g/mol. The topological polar surface area (TPSA) is 0 Å². The maximum Gasteiger partial charge on any atom is -1.00 e. The molecule has 5 rings (SSSR count). The smallest absolute Gasteiger partial charge is 1.00 e. The zero-order valence-electron chi connectivity index (χ0n) is 23.4. The van der Waals surface area contributed by atoms with Gasteiger partial charge in [0.25, 0.3) is 0 Å². The molecule has 0 radical (unpaired) electrons. The second-order valence-electron chi connectivity index (χ2n) is 12.0. The van der Waals surface area contributed by atoms with E-state index in [9.17, 15) is 0 Å². The summed E-state index contributed by atoms with van der Waals surface area (Å²) in [5.41, 5.74) is 14.1. The van der Waals surface area contributed by atoms with Gasteiger partial charge in [0.2, 0.25) is 0 Å². The van der Waals surface area contributed by atoms with E-state index in [2.05, 4.69) is 91.8 Å². The van der Waals surface area contributed by atoms with Crippen LogP contribution >= 0.6 is 0 Å². The first-order valence-electron chi connectivity index (χ1n) is 13.4. The van der Waals surface area contributed by atoms with E-state index in [1.807, 2.05) is 3.28 Å². The standard InChI is InChI=1S/C17H17.C13H19.C3H6.2ClH.Zr/c1-10-5-14-9-15-6-11(2)13(4)8-17(15)16(14)7-12(10)3;1-11-6-7-12(10-11)13(2)8-4-3-5-9-13;1-3-2;;;/h5-9H,1-4H3;7,10-11H,3-5,8-9H2,1-2H3;1-2H3;2*1H;/q;;;;;+2/p-2. The van der Waals surface area contributed by atoms with Gasteiger partial charge in [-0.1, -0.05) is 0 Å². The fraction of sp³-hybridized carbons (Fsp3) is 0.485. The van der Waals surface area contributed by atoms with Crippen molar-refractivity contribution in [3.8, 4) is 11.1 Å². The molecule has 0 heterocycles. The molecule has 0 nitrogen and oxygen atoms in total. The molecule has 0 aliphatic heterocycles. The van der Waals surface area contributed by atoms with Crippen LogP contribution < -0.4 is 24.8 Å². The molecule has 0 bridgehead atoms. The third kappa shape index (κ3) is 4.99. The number of halogens is 2. The van der Waals surface area contributed by atoms with Gasteiger partial charge in [-0.2, -0.15) is 0 Å². The Hall–Kier alpha value is -0.747. The molecule has 2 aromatic carbocycles. The van der Waals surface area contributed by atoms with Crippen LogP contribution in [0.2, 0.25) is 0 Å². The summed E-state index contributed by atoms with van der Waals surface area (Å²) in [4.78, 5) is 0. The van der Waals surface area contributed by atoms with E-state index in [1.54, 1.807) is 19.9 Å². The Labute approximate surface area is 240 Å². The molecule has 1 atom stereocenters. The van der Waals surface area contributed by atoms with Crippen LogP contribution in [0.25, 0.3) is 11.1 Å². The Morgan fingerprint density at radius 1 is 0.778 bits per heavy atom. The molecule has 0 amide bonds. The van der Waals surface area contributed by atoms with Gasteiger partial charge >= 0.3 is 217 Å². The Balaban J connectivity index is 0.00000180. The van der Waals surface area contributed by atoms with Gasteiger partial charge < -0.3 is 24.8 Å². The molecule has 3 heteroatoms. The Morgan fingerprint density at radius 3 is 1.72 bits per heavy atom. The summed E-state index contributed by atoms with van der Waals surface area (Å²) in [6.45, 7) is 19.1. The van der Waals surface area contributed by atoms with E-state index in [1.165, 1.54) is 65.5 Å². The number of hydrogen-bond donors (Lipinski definition) is 0. The van der Waals surface area contributed by atoms with E-state index in [-0.39, 0.29) is 24.8 Å². The van der Waals surface area contributed by atoms with E-state index in [0.29, 0.717) is 15.0 Å². The summed E-state index contributed by atoms with van der Waals surface area (Å²) >= 11 is -2.19. The van der Waals surface area contributed by atoms with Crippen molar-refractivity contribution in [3.05, 3.63) is 78.7 Å². The van der Waals surface area contributed by atoms with E-state index >= 15 is 0 Å². The molecule has 0 N–H and O–H groups in total. The molecule has 1 unspecified atom stereocenters. The van der Waals surface area contributed by atoms with Crippen molar-refractivity contribution in [3.63, 3.8) is 0 Å². The van der Waals surface area contributed by atoms with Crippen LogP contribution in [0.4, 0.5) is 0 Å². The first kappa shape index (κ1) is 29.8. The monoisotopic (exact) mass is 598 g/mol. The van der Waals surface area contributed by atoms with Crippen molar-refractivity contribution < 1.29 is 46.1 Å². The quantitative estimate of drug-likeness (QED) is 0.508. The molecule has 192 valence electrons. The minimum Gasteiger partial charge on any atom is -1.00 e. The van der Waals surface area contributed by atoms with Crippen molar-refractivity contribution in [1.82, 2.24) is 0 Å². The molecule has 36 heavy (non-hydrogen) atoms. The van der Waals surface area contributed by atoms with Gasteiger partial charge in [0.15, 0.2) is 0 Å². The van der Waals surface area contributed by atoms with E-state index < -0.39 is 21.3 Å². The average Bonchev–Trinajstić information content (AvgIpc) is 3.29. The third-order valence-electron chi connectivity index (χ3n) is 9.27. The van der Waals surface area contributed by atoms with E-state index in [0.717, 1.165) is 0 Å². The summed E-state index contributed by atoms with van der Waals surface area (Å²) in [6.07, 6.45) is 12.4. The zero-order chi connectivity index (χ0) is 24.4. The van der Waals surface area contributed by atoms with Crippen LogP contribution in [0, 0.1) is 39.0 Å². The number of rotatable bonds is 3. The Kier molecular flexibility index (Phi) is 9.24. The summed E-state index contributed by atoms with van der Waals surface area (Å²) in [5.74, 6) is 0.601. The molecular formula is C33H42Cl2Zr. The minimum absolute atomic E-state index is 0. The van der Waals surface area contributed by atoms with Gasteiger partial charge in [-0.3, -0.25) is 0 Å². The van der Waals surface area contributed by atoms with Crippen LogP contribution in [0.5, 0.6) is 0 Å². The summed E-state index contributed by atoms with van der Waals surface area (Å²) in [7, 11) is 0. The molecule has 2 aromatic rings. The first-order valence-corrected chi connectivity index (χ1v) is 17.3. The molecule has 1 saturated carbocycles. The molecule has 0 spiro atoms. The second-order valence-corrected chi connectivity index (χ2v) is 19.4. The van der Waals surface area contributed by atoms with Gasteiger partial charge in [0, 0.05) is 0 Å². The normalized spacial score (nSPS) is 19.7. The van der Waals surface area contributed by atoms with Crippen molar-refractivity contribution in [2.75, 3.05) is 0 Å². The Bertz CT molecular complexity index is 1210. The van der Waals surface area contributed by atoms with Crippen molar-refractivity contribution in [1.29, 1.82) is 0 Å². The zero-order valence-corrected chi connectivity index (χ0v) is 27.4. The predicted molar refractivity (Wildman–Crippen MR) is 146 cm³/mol. The number of benzene rings is 2. The SMILES string of the molecule is C[C](C)=[Zr+2]([C]1=CC(C2(C)CCCCC2)=CC1C)[CH]1c2cc(C)c(C)cc2-c2cc(C)c(C)cc21.[Cl-].[Cl-]. The van der Waals surface area contributed by atoms with Crippen LogP contribution in [0.15, 0.2) is 45.3 Å². The largest absolute Gasteiger partial charge is 1.00 e. The predicted octanol–water partition coefficient (Wildman–Crippen LogP) is 3.26. The van der Waals surface area contributed by atoms with Crippen LogP contribution in [-0.2, 0) is 21.3 Å². The average molecular weight is 601 g/mol. The first-order chi connectivity index (χ1) is 16.1. The molecule has 0 aromatic heterocycles. The molecule has 3 aliphatic rings. The summed E-state index contributed by atoms with van der Waals surface area (Å²) < 4.78 is 4.19. The third-order valence-corrected chi connectivity index (χ3v) is 17.9. The van der Waals surface area contributed by atoms with Crippen LogP contribution in [-0.4, -0.2) is 3.21 Å². The van der Waals surface area contributed by atoms with E-state index in [4.69, 9.17) is 0 Å². The maximum absolute atomic E-state index is 2.73. The van der Waals surface area contributed by atoms with Crippen molar-refractivity contribution >= 4 is 3.21 Å². The molecule has 3 aliphatic carbocycles. The van der Waals surface area contributed by atoms with Gasteiger partial charge in [-0.05, 0) is 0 Å². The fourth-order valence-electron chi connectivity index (χ4n) is 6.87. The van der Waals surface area contributed by atoms with Gasteiger partial charge in [-0.15, -0.1) is 0 Å². The second kappa shape index (κ2) is 11.2. The van der Waals surface area contributed by atoms with Crippen LogP contribution in [0.1, 0.15) is 96.8 Å². The maximum atomic E-state index is 2.73. The number of fused-ring (bicyclic) bond motifs is 3. The molecule has 1 fully saturated rings. The summed E-state index contributed by atoms with van der Waals surface area (Å²) in [5, 5.41) is 0. The molecule has 0 saturated heterocycles.